The van der Waals surface area contributed by atoms with E-state index >= 15 is 0 Å². The topological polar surface area (TPSA) is 55.4 Å². The van der Waals surface area contributed by atoms with Gasteiger partial charge in [-0.3, -0.25) is 4.79 Å². The van der Waals surface area contributed by atoms with Crippen molar-refractivity contribution in [1.29, 1.82) is 0 Å². The lowest BCUT2D eigenvalue weighted by Gasteiger charge is -2.19. The number of rotatable bonds is 6. The van der Waals surface area contributed by atoms with Crippen LogP contribution in [0.4, 0.5) is 0 Å². The molecule has 0 aliphatic rings. The third-order valence-electron chi connectivity index (χ3n) is 4.04. The number of hydrogen-bond donors (Lipinski definition) is 1. The molecule has 26 heavy (non-hydrogen) atoms. The van der Waals surface area contributed by atoms with Crippen LogP contribution in [0.2, 0.25) is 10.0 Å². The Labute approximate surface area is 163 Å². The molecule has 2 aromatic rings. The van der Waals surface area contributed by atoms with Gasteiger partial charge >= 0.3 is 5.97 Å². The minimum absolute atomic E-state index is 0.350. The second kappa shape index (κ2) is 9.06. The van der Waals surface area contributed by atoms with E-state index in [1.807, 2.05) is 19.1 Å². The van der Waals surface area contributed by atoms with Gasteiger partial charge in [-0.1, -0.05) is 48.3 Å². The minimum atomic E-state index is -0.929. The van der Waals surface area contributed by atoms with Gasteiger partial charge in [-0.25, -0.2) is 4.79 Å². The number of ether oxygens (including phenoxy) is 1. The van der Waals surface area contributed by atoms with Crippen LogP contribution < -0.4 is 5.32 Å². The van der Waals surface area contributed by atoms with E-state index in [0.717, 1.165) is 17.5 Å². The Bertz CT molecular complexity index is 790. The minimum Gasteiger partial charge on any atom is -0.449 e. The third-order valence-corrected chi connectivity index (χ3v) is 4.60. The lowest BCUT2D eigenvalue weighted by atomic mass is 10.1. The first-order chi connectivity index (χ1) is 12.3. The average molecular weight is 394 g/mol. The van der Waals surface area contributed by atoms with Gasteiger partial charge in [0.1, 0.15) is 0 Å². The summed E-state index contributed by atoms with van der Waals surface area (Å²) >= 11 is 12.0. The Hall–Kier alpha value is -2.04. The molecule has 0 aliphatic heterocycles. The van der Waals surface area contributed by atoms with Crippen LogP contribution in [0.25, 0.3) is 0 Å². The highest BCUT2D eigenvalue weighted by molar-refractivity contribution is 6.35. The van der Waals surface area contributed by atoms with E-state index in [-0.39, 0.29) is 6.04 Å². The summed E-state index contributed by atoms with van der Waals surface area (Å²) in [6.45, 7) is 5.36. The second-order valence-electron chi connectivity index (χ2n) is 5.99. The maximum absolute atomic E-state index is 12.3. The van der Waals surface area contributed by atoms with Crippen molar-refractivity contribution in [3.05, 3.63) is 69.2 Å². The lowest BCUT2D eigenvalue weighted by molar-refractivity contribution is -0.129. The van der Waals surface area contributed by atoms with Crippen LogP contribution in [-0.4, -0.2) is 18.0 Å². The molecule has 0 bridgehead atoms. The highest BCUT2D eigenvalue weighted by atomic mass is 35.5. The molecule has 138 valence electrons. The molecule has 0 aliphatic carbocycles. The van der Waals surface area contributed by atoms with Crippen molar-refractivity contribution in [3.8, 4) is 0 Å². The first kappa shape index (κ1) is 20.3. The number of esters is 1. The maximum Gasteiger partial charge on any atom is 0.338 e. The zero-order chi connectivity index (χ0) is 19.3. The van der Waals surface area contributed by atoms with Crippen molar-refractivity contribution >= 4 is 35.1 Å². The number of nitrogens with one attached hydrogen (secondary N) is 1. The molecule has 4 nitrogen and oxygen atoms in total. The van der Waals surface area contributed by atoms with Crippen LogP contribution >= 0.6 is 23.2 Å². The zero-order valence-corrected chi connectivity index (χ0v) is 16.4. The van der Waals surface area contributed by atoms with Crippen LogP contribution in [0.15, 0.2) is 42.5 Å². The Morgan fingerprint density at radius 3 is 2.31 bits per heavy atom. The molecule has 0 spiro atoms. The number of hydrogen-bond acceptors (Lipinski definition) is 3. The van der Waals surface area contributed by atoms with E-state index in [2.05, 4.69) is 5.32 Å². The van der Waals surface area contributed by atoms with Crippen molar-refractivity contribution in [2.45, 2.75) is 39.3 Å². The summed E-state index contributed by atoms with van der Waals surface area (Å²) in [4.78, 5) is 24.5. The highest BCUT2D eigenvalue weighted by Crippen LogP contribution is 2.26. The number of amides is 1. The standard InChI is InChI=1S/C20H21Cl2NO3/c1-4-14-5-7-15(8-6-14)20(25)26-13(3)19(24)23-12(2)17-10-9-16(21)11-18(17)22/h5-13H,4H2,1-3H3,(H,23,24)/t12-,13-/m0/s1. The molecule has 1 amide bonds. The van der Waals surface area contributed by atoms with Crippen molar-refractivity contribution < 1.29 is 14.3 Å². The van der Waals surface area contributed by atoms with Gasteiger partial charge in [-0.15, -0.1) is 0 Å². The van der Waals surface area contributed by atoms with Gasteiger partial charge in [0.2, 0.25) is 0 Å². The Morgan fingerprint density at radius 2 is 1.73 bits per heavy atom. The van der Waals surface area contributed by atoms with Crippen LogP contribution in [0.3, 0.4) is 0 Å². The molecular formula is C20H21Cl2NO3. The molecule has 0 unspecified atom stereocenters. The van der Waals surface area contributed by atoms with Crippen molar-refractivity contribution in [3.63, 3.8) is 0 Å². The van der Waals surface area contributed by atoms with Gasteiger partial charge in [0, 0.05) is 10.0 Å². The largest absolute Gasteiger partial charge is 0.449 e. The molecule has 1 N–H and O–H groups in total. The fourth-order valence-corrected chi connectivity index (χ4v) is 2.99. The van der Waals surface area contributed by atoms with Crippen LogP contribution in [-0.2, 0) is 16.0 Å². The molecule has 2 atom stereocenters. The molecule has 2 rings (SSSR count). The zero-order valence-electron chi connectivity index (χ0n) is 14.9. The van der Waals surface area contributed by atoms with Crippen LogP contribution in [0, 0.1) is 0 Å². The average Bonchev–Trinajstić information content (AvgIpc) is 2.61. The monoisotopic (exact) mass is 393 g/mol. The molecule has 0 aromatic heterocycles. The molecule has 0 fully saturated rings. The first-order valence-electron chi connectivity index (χ1n) is 8.37. The van der Waals surface area contributed by atoms with Gasteiger partial charge in [0.15, 0.2) is 6.10 Å². The summed E-state index contributed by atoms with van der Waals surface area (Å²) < 4.78 is 5.25. The molecule has 0 heterocycles. The van der Waals surface area contributed by atoms with E-state index in [9.17, 15) is 9.59 Å². The summed E-state index contributed by atoms with van der Waals surface area (Å²) in [6.07, 6.45) is -0.0406. The number of carbonyl (C=O) groups is 2. The molecule has 2 aromatic carbocycles. The predicted octanol–water partition coefficient (Wildman–Crippen LogP) is 4.98. The number of benzene rings is 2. The van der Waals surface area contributed by atoms with E-state index < -0.39 is 18.0 Å². The van der Waals surface area contributed by atoms with E-state index in [4.69, 9.17) is 27.9 Å². The van der Waals surface area contributed by atoms with Crippen molar-refractivity contribution in [2.24, 2.45) is 0 Å². The van der Waals surface area contributed by atoms with Gasteiger partial charge in [-0.2, -0.15) is 0 Å². The second-order valence-corrected chi connectivity index (χ2v) is 6.84. The normalized spacial score (nSPS) is 13.0. The number of carbonyl (C=O) groups excluding carboxylic acids is 2. The fraction of sp³-hybridized carbons (Fsp3) is 0.300. The Morgan fingerprint density at radius 1 is 1.08 bits per heavy atom. The van der Waals surface area contributed by atoms with Gasteiger partial charge in [0.05, 0.1) is 11.6 Å². The van der Waals surface area contributed by atoms with Crippen LogP contribution in [0.5, 0.6) is 0 Å². The van der Waals surface area contributed by atoms with Crippen molar-refractivity contribution in [1.82, 2.24) is 5.32 Å². The quantitative estimate of drug-likeness (QED) is 0.704. The van der Waals surface area contributed by atoms with Crippen molar-refractivity contribution in [2.75, 3.05) is 0 Å². The van der Waals surface area contributed by atoms with Gasteiger partial charge in [0.25, 0.3) is 5.91 Å². The lowest BCUT2D eigenvalue weighted by Crippen LogP contribution is -2.37. The summed E-state index contributed by atoms with van der Waals surface area (Å²) in [5, 5.41) is 3.77. The van der Waals surface area contributed by atoms with Crippen LogP contribution in [0.1, 0.15) is 48.3 Å². The smallest absolute Gasteiger partial charge is 0.338 e. The molecule has 6 heteroatoms. The summed E-state index contributed by atoms with van der Waals surface area (Å²) in [5.74, 6) is -0.936. The van der Waals surface area contributed by atoms with Gasteiger partial charge < -0.3 is 10.1 Å². The Balaban J connectivity index is 1.96. The SMILES string of the molecule is CCc1ccc(C(=O)O[C@@H](C)C(=O)N[C@@H](C)c2ccc(Cl)cc2Cl)cc1. The van der Waals surface area contributed by atoms with E-state index in [1.54, 1.807) is 37.3 Å². The fourth-order valence-electron chi connectivity index (χ4n) is 2.42. The predicted molar refractivity (Wildman–Crippen MR) is 104 cm³/mol. The Kier molecular flexibility index (Phi) is 7.06. The maximum atomic E-state index is 12.3. The molecule has 0 saturated carbocycles. The summed E-state index contributed by atoms with van der Waals surface area (Å²) in [7, 11) is 0. The van der Waals surface area contributed by atoms with E-state index in [0.29, 0.717) is 15.6 Å². The molecular weight excluding hydrogens is 373 g/mol. The number of aryl methyl sites for hydroxylation is 1. The summed E-state index contributed by atoms with van der Waals surface area (Å²) in [6, 6.07) is 11.8. The third kappa shape index (κ3) is 5.23. The molecule has 0 radical (unpaired) electrons. The highest BCUT2D eigenvalue weighted by Gasteiger charge is 2.21. The number of halogens is 2. The first-order valence-corrected chi connectivity index (χ1v) is 9.12. The van der Waals surface area contributed by atoms with E-state index in [1.165, 1.54) is 6.92 Å². The summed E-state index contributed by atoms with van der Waals surface area (Å²) in [5.41, 5.74) is 2.27. The van der Waals surface area contributed by atoms with Gasteiger partial charge in [-0.05, 0) is 55.7 Å². The molecule has 0 saturated heterocycles.